The number of likely N-dealkylation sites (tertiary alicyclic amines) is 1. The summed E-state index contributed by atoms with van der Waals surface area (Å²) >= 11 is 11.9. The summed E-state index contributed by atoms with van der Waals surface area (Å²) in [5, 5.41) is 1.09. The molecule has 1 aromatic carbocycles. The van der Waals surface area contributed by atoms with E-state index in [1.165, 1.54) is 0 Å². The number of esters is 1. The van der Waals surface area contributed by atoms with E-state index in [9.17, 15) is 9.59 Å². The maximum absolute atomic E-state index is 12.0. The Morgan fingerprint density at radius 2 is 2.00 bits per heavy atom. The number of carbonyl (C=O) groups is 2. The van der Waals surface area contributed by atoms with E-state index in [2.05, 4.69) is 4.90 Å². The zero-order valence-electron chi connectivity index (χ0n) is 14.3. The van der Waals surface area contributed by atoms with Gasteiger partial charge in [0.2, 0.25) is 0 Å². The molecule has 0 unspecified atom stereocenters. The molecule has 0 saturated carbocycles. The highest BCUT2D eigenvalue weighted by atomic mass is 35.5. The molecule has 1 aromatic rings. The van der Waals surface area contributed by atoms with Crippen molar-refractivity contribution in [2.24, 2.45) is 5.92 Å². The number of nitrogens with zero attached hydrogens (tertiary/aromatic N) is 1. The fraction of sp³-hybridized carbons (Fsp3) is 0.474. The summed E-state index contributed by atoms with van der Waals surface area (Å²) in [5.41, 5.74) is 0.773. The second-order valence-corrected chi connectivity index (χ2v) is 6.93. The fourth-order valence-electron chi connectivity index (χ4n) is 2.82. The highest BCUT2D eigenvalue weighted by Gasteiger charge is 2.25. The summed E-state index contributed by atoms with van der Waals surface area (Å²) in [6, 6.07) is 5.18. The Bertz CT molecular complexity index is 638. The van der Waals surface area contributed by atoms with Gasteiger partial charge in [-0.1, -0.05) is 29.3 Å². The molecular formula is C19H23Cl2NO3. The Kier molecular flexibility index (Phi) is 7.94. The zero-order chi connectivity index (χ0) is 18.2. The van der Waals surface area contributed by atoms with Crippen LogP contribution in [-0.2, 0) is 14.3 Å². The molecule has 1 heterocycles. The lowest BCUT2D eigenvalue weighted by molar-refractivity contribution is -0.149. The molecule has 1 aliphatic heterocycles. The van der Waals surface area contributed by atoms with Crippen molar-refractivity contribution >= 4 is 41.0 Å². The average Bonchev–Trinajstić information content (AvgIpc) is 2.60. The number of piperidine rings is 1. The van der Waals surface area contributed by atoms with Crippen molar-refractivity contribution in [2.75, 3.05) is 26.2 Å². The first-order valence-electron chi connectivity index (χ1n) is 8.54. The van der Waals surface area contributed by atoms with Crippen molar-refractivity contribution in [1.29, 1.82) is 0 Å². The number of carbonyl (C=O) groups excluding carboxylic acids is 2. The lowest BCUT2D eigenvalue weighted by Crippen LogP contribution is -2.37. The monoisotopic (exact) mass is 383 g/mol. The van der Waals surface area contributed by atoms with Gasteiger partial charge >= 0.3 is 5.97 Å². The van der Waals surface area contributed by atoms with Crippen molar-refractivity contribution in [3.8, 4) is 0 Å². The van der Waals surface area contributed by atoms with E-state index in [4.69, 9.17) is 27.9 Å². The largest absolute Gasteiger partial charge is 0.466 e. The summed E-state index contributed by atoms with van der Waals surface area (Å²) < 4.78 is 5.07. The van der Waals surface area contributed by atoms with Crippen LogP contribution >= 0.6 is 23.2 Å². The van der Waals surface area contributed by atoms with Gasteiger partial charge < -0.3 is 9.64 Å². The molecular weight excluding hydrogens is 361 g/mol. The number of ketones is 1. The van der Waals surface area contributed by atoms with Crippen LogP contribution in [0.2, 0.25) is 10.0 Å². The Balaban J connectivity index is 1.74. The van der Waals surface area contributed by atoms with E-state index in [0.29, 0.717) is 29.6 Å². The van der Waals surface area contributed by atoms with Crippen molar-refractivity contribution in [1.82, 2.24) is 4.90 Å². The number of hydrogen-bond donors (Lipinski definition) is 0. The van der Waals surface area contributed by atoms with Gasteiger partial charge in [-0.25, -0.2) is 0 Å². The smallest absolute Gasteiger partial charge is 0.309 e. The molecule has 1 saturated heterocycles. The van der Waals surface area contributed by atoms with Gasteiger partial charge in [-0.15, -0.1) is 0 Å². The van der Waals surface area contributed by atoms with Crippen LogP contribution in [0, 0.1) is 5.92 Å². The molecule has 2 rings (SSSR count). The second kappa shape index (κ2) is 9.95. The van der Waals surface area contributed by atoms with Gasteiger partial charge in [0.05, 0.1) is 12.5 Å². The first kappa shape index (κ1) is 20.0. The summed E-state index contributed by atoms with van der Waals surface area (Å²) in [7, 11) is 0. The molecule has 0 amide bonds. The first-order chi connectivity index (χ1) is 12.0. The van der Waals surface area contributed by atoms with E-state index in [0.717, 1.165) is 31.5 Å². The normalized spacial score (nSPS) is 16.3. The third-order valence-corrected chi connectivity index (χ3v) is 4.86. The SMILES string of the molecule is CCOC(=O)C1CCN(CCC(=O)/C=C/c2ccc(Cl)cc2Cl)CC1. The Morgan fingerprint density at radius 1 is 1.28 bits per heavy atom. The highest BCUT2D eigenvalue weighted by molar-refractivity contribution is 6.35. The minimum absolute atomic E-state index is 0.00107. The molecule has 0 radical (unpaired) electrons. The lowest BCUT2D eigenvalue weighted by atomic mass is 9.97. The molecule has 0 bridgehead atoms. The maximum atomic E-state index is 12.0. The van der Waals surface area contributed by atoms with E-state index in [1.54, 1.807) is 30.4 Å². The average molecular weight is 384 g/mol. The number of benzene rings is 1. The molecule has 25 heavy (non-hydrogen) atoms. The summed E-state index contributed by atoms with van der Waals surface area (Å²) in [6.07, 6.45) is 5.31. The summed E-state index contributed by atoms with van der Waals surface area (Å²) in [5.74, 6) is -0.0432. The molecule has 0 aliphatic carbocycles. The van der Waals surface area contributed by atoms with Crippen molar-refractivity contribution in [3.05, 3.63) is 39.9 Å². The standard InChI is InChI=1S/C19H23Cl2NO3/c1-2-25-19(24)15-7-10-22(11-8-15)12-9-17(23)6-4-14-3-5-16(20)13-18(14)21/h3-6,13,15H,2,7-12H2,1H3/b6-4+. The van der Waals surface area contributed by atoms with Gasteiger partial charge in [-0.05, 0) is 62.7 Å². The zero-order valence-corrected chi connectivity index (χ0v) is 15.9. The van der Waals surface area contributed by atoms with Crippen molar-refractivity contribution < 1.29 is 14.3 Å². The minimum atomic E-state index is -0.0963. The van der Waals surface area contributed by atoms with Gasteiger partial charge in [0, 0.05) is 23.0 Å². The number of hydrogen-bond acceptors (Lipinski definition) is 4. The first-order valence-corrected chi connectivity index (χ1v) is 9.30. The maximum Gasteiger partial charge on any atom is 0.309 e. The van der Waals surface area contributed by atoms with Crippen LogP contribution in [0.25, 0.3) is 6.08 Å². The second-order valence-electron chi connectivity index (χ2n) is 6.08. The van der Waals surface area contributed by atoms with Gasteiger partial charge in [0.15, 0.2) is 5.78 Å². The quantitative estimate of drug-likeness (QED) is 0.521. The molecule has 136 valence electrons. The van der Waals surface area contributed by atoms with Crippen LogP contribution in [0.3, 0.4) is 0 Å². The molecule has 4 nitrogen and oxygen atoms in total. The minimum Gasteiger partial charge on any atom is -0.466 e. The third kappa shape index (κ3) is 6.46. The number of allylic oxidation sites excluding steroid dienone is 1. The number of rotatable bonds is 7. The highest BCUT2D eigenvalue weighted by Crippen LogP contribution is 2.22. The van der Waals surface area contributed by atoms with Crippen LogP contribution < -0.4 is 0 Å². The topological polar surface area (TPSA) is 46.6 Å². The van der Waals surface area contributed by atoms with Crippen LogP contribution in [0.4, 0.5) is 0 Å². The number of ether oxygens (including phenoxy) is 1. The molecule has 1 fully saturated rings. The Labute approximate surface area is 158 Å². The van der Waals surface area contributed by atoms with Crippen LogP contribution in [0.15, 0.2) is 24.3 Å². The predicted molar refractivity (Wildman–Crippen MR) is 101 cm³/mol. The third-order valence-electron chi connectivity index (χ3n) is 4.29. The molecule has 0 atom stereocenters. The van der Waals surface area contributed by atoms with Gasteiger partial charge in [0.1, 0.15) is 0 Å². The molecule has 0 spiro atoms. The summed E-state index contributed by atoms with van der Waals surface area (Å²) in [6.45, 7) is 4.60. The van der Waals surface area contributed by atoms with E-state index >= 15 is 0 Å². The van der Waals surface area contributed by atoms with Crippen molar-refractivity contribution in [2.45, 2.75) is 26.2 Å². The molecule has 1 aliphatic rings. The van der Waals surface area contributed by atoms with Gasteiger partial charge in [-0.2, -0.15) is 0 Å². The molecule has 0 aromatic heterocycles. The lowest BCUT2D eigenvalue weighted by Gasteiger charge is -2.30. The number of halogens is 2. The molecule has 0 N–H and O–H groups in total. The van der Waals surface area contributed by atoms with Gasteiger partial charge in [-0.3, -0.25) is 9.59 Å². The Morgan fingerprint density at radius 3 is 2.64 bits per heavy atom. The van der Waals surface area contributed by atoms with Gasteiger partial charge in [0.25, 0.3) is 0 Å². The van der Waals surface area contributed by atoms with E-state index in [1.807, 2.05) is 6.92 Å². The van der Waals surface area contributed by atoms with E-state index in [-0.39, 0.29) is 17.7 Å². The molecule has 6 heteroatoms. The van der Waals surface area contributed by atoms with Crippen molar-refractivity contribution in [3.63, 3.8) is 0 Å². The van der Waals surface area contributed by atoms with Crippen LogP contribution in [0.5, 0.6) is 0 Å². The van der Waals surface area contributed by atoms with Crippen LogP contribution in [-0.4, -0.2) is 42.9 Å². The van der Waals surface area contributed by atoms with Crippen LogP contribution in [0.1, 0.15) is 31.7 Å². The van der Waals surface area contributed by atoms with E-state index < -0.39 is 0 Å². The fourth-order valence-corrected chi connectivity index (χ4v) is 3.29. The Hall–Kier alpha value is -1.36. The summed E-state index contributed by atoms with van der Waals surface area (Å²) in [4.78, 5) is 26.0. The predicted octanol–water partition coefficient (Wildman–Crippen LogP) is 4.24.